The van der Waals surface area contributed by atoms with E-state index < -0.39 is 5.97 Å². The molecule has 1 aromatic rings. The fourth-order valence-electron chi connectivity index (χ4n) is 1.56. The van der Waals surface area contributed by atoms with Crippen LogP contribution in [0.4, 0.5) is 5.69 Å². The Labute approximate surface area is 121 Å². The second kappa shape index (κ2) is 5.92. The number of aryl methyl sites for hydroxylation is 2. The highest BCUT2D eigenvalue weighted by Gasteiger charge is 2.24. The maximum absolute atomic E-state index is 11.7. The zero-order chi connectivity index (χ0) is 14.7. The van der Waals surface area contributed by atoms with Crippen molar-refractivity contribution in [3.05, 3.63) is 40.3 Å². The summed E-state index contributed by atoms with van der Waals surface area (Å²) in [6.07, 6.45) is 1.16. The molecule has 1 amide bonds. The number of nitrogens with one attached hydrogen (secondary N) is 1. The van der Waals surface area contributed by atoms with Gasteiger partial charge in [0.15, 0.2) is 5.17 Å². The Morgan fingerprint density at radius 3 is 2.75 bits per heavy atom. The minimum absolute atomic E-state index is 0.277. The number of methoxy groups -OCH3 is 1. The van der Waals surface area contributed by atoms with E-state index in [1.54, 1.807) is 0 Å². The molecule has 1 aromatic carbocycles. The van der Waals surface area contributed by atoms with Crippen LogP contribution >= 0.6 is 11.8 Å². The third-order valence-corrected chi connectivity index (χ3v) is 3.73. The number of thioether (sulfide) groups is 1. The maximum atomic E-state index is 11.7. The van der Waals surface area contributed by atoms with Crippen molar-refractivity contribution in [2.75, 3.05) is 7.11 Å². The molecule has 0 aliphatic carbocycles. The van der Waals surface area contributed by atoms with E-state index in [1.807, 2.05) is 32.0 Å². The van der Waals surface area contributed by atoms with Crippen LogP contribution in [0.15, 0.2) is 34.2 Å². The molecular weight excluding hydrogens is 276 g/mol. The summed E-state index contributed by atoms with van der Waals surface area (Å²) in [7, 11) is 1.26. The lowest BCUT2D eigenvalue weighted by Crippen LogP contribution is -2.19. The fraction of sp³-hybridized carbons (Fsp3) is 0.214. The number of amidine groups is 1. The molecular formula is C14H14N2O3S. The Morgan fingerprint density at radius 2 is 2.10 bits per heavy atom. The largest absolute Gasteiger partial charge is 0.466 e. The van der Waals surface area contributed by atoms with E-state index in [4.69, 9.17) is 0 Å². The van der Waals surface area contributed by atoms with Crippen molar-refractivity contribution in [1.82, 2.24) is 5.32 Å². The zero-order valence-electron chi connectivity index (χ0n) is 11.4. The second-order valence-electron chi connectivity index (χ2n) is 4.27. The molecule has 0 spiro atoms. The second-order valence-corrected chi connectivity index (χ2v) is 5.30. The molecule has 2 rings (SSSR count). The van der Waals surface area contributed by atoms with E-state index in [1.165, 1.54) is 12.7 Å². The number of carbonyl (C=O) groups excluding carboxylic acids is 2. The zero-order valence-corrected chi connectivity index (χ0v) is 12.2. The number of aliphatic imine (C=N–C) groups is 1. The molecule has 20 heavy (non-hydrogen) atoms. The molecule has 0 radical (unpaired) electrons. The van der Waals surface area contributed by atoms with Gasteiger partial charge in [0, 0.05) is 6.08 Å². The topological polar surface area (TPSA) is 67.8 Å². The fourth-order valence-corrected chi connectivity index (χ4v) is 2.36. The summed E-state index contributed by atoms with van der Waals surface area (Å²) >= 11 is 1.12. The molecule has 5 nitrogen and oxygen atoms in total. The monoisotopic (exact) mass is 290 g/mol. The van der Waals surface area contributed by atoms with E-state index in [0.717, 1.165) is 29.1 Å². The van der Waals surface area contributed by atoms with E-state index in [2.05, 4.69) is 15.0 Å². The average molecular weight is 290 g/mol. The Bertz CT molecular complexity index is 635. The number of hydrogen-bond acceptors (Lipinski definition) is 5. The molecule has 0 saturated carbocycles. The van der Waals surface area contributed by atoms with Gasteiger partial charge in [-0.05, 0) is 48.9 Å². The highest BCUT2D eigenvalue weighted by atomic mass is 32.2. The maximum Gasteiger partial charge on any atom is 0.331 e. The number of hydrogen-bond donors (Lipinski definition) is 1. The van der Waals surface area contributed by atoms with Crippen LogP contribution in [0, 0.1) is 13.8 Å². The van der Waals surface area contributed by atoms with E-state index >= 15 is 0 Å². The van der Waals surface area contributed by atoms with Gasteiger partial charge in [0.2, 0.25) is 0 Å². The minimum atomic E-state index is -0.560. The van der Waals surface area contributed by atoms with Gasteiger partial charge in [-0.2, -0.15) is 0 Å². The van der Waals surface area contributed by atoms with E-state index in [9.17, 15) is 9.59 Å². The molecule has 0 aromatic heterocycles. The van der Waals surface area contributed by atoms with Gasteiger partial charge in [-0.3, -0.25) is 4.79 Å². The van der Waals surface area contributed by atoms with Crippen molar-refractivity contribution in [3.8, 4) is 0 Å². The van der Waals surface area contributed by atoms with Crippen LogP contribution in [0.3, 0.4) is 0 Å². The van der Waals surface area contributed by atoms with Gasteiger partial charge in [0.25, 0.3) is 5.91 Å². The summed E-state index contributed by atoms with van der Waals surface area (Å²) in [5, 5.41) is 3.07. The third kappa shape index (κ3) is 3.27. The molecule has 0 unspecified atom stereocenters. The van der Waals surface area contributed by atoms with Crippen LogP contribution in [-0.4, -0.2) is 24.2 Å². The van der Waals surface area contributed by atoms with Crippen molar-refractivity contribution in [3.63, 3.8) is 0 Å². The first-order valence-electron chi connectivity index (χ1n) is 5.94. The number of esters is 1. The number of carbonyl (C=O) groups is 2. The predicted octanol–water partition coefficient (Wildman–Crippen LogP) is 2.21. The van der Waals surface area contributed by atoms with Gasteiger partial charge in [0.05, 0.1) is 17.7 Å². The highest BCUT2D eigenvalue weighted by molar-refractivity contribution is 8.18. The number of benzene rings is 1. The quantitative estimate of drug-likeness (QED) is 0.670. The van der Waals surface area contributed by atoms with Crippen molar-refractivity contribution < 1.29 is 14.3 Å². The van der Waals surface area contributed by atoms with E-state index in [-0.39, 0.29) is 10.8 Å². The summed E-state index contributed by atoms with van der Waals surface area (Å²) in [5.41, 5.74) is 3.07. The molecule has 1 heterocycles. The molecule has 6 heteroatoms. The lowest BCUT2D eigenvalue weighted by Gasteiger charge is -2.01. The molecule has 0 bridgehead atoms. The van der Waals surface area contributed by atoms with Crippen molar-refractivity contribution in [2.45, 2.75) is 13.8 Å². The van der Waals surface area contributed by atoms with Crippen molar-refractivity contribution in [1.29, 1.82) is 0 Å². The average Bonchev–Trinajstić information content (AvgIpc) is 2.74. The lowest BCUT2D eigenvalue weighted by molar-refractivity contribution is -0.135. The first-order chi connectivity index (χ1) is 9.49. The van der Waals surface area contributed by atoms with Gasteiger partial charge < -0.3 is 10.1 Å². The molecule has 1 fully saturated rings. The van der Waals surface area contributed by atoms with Crippen LogP contribution in [0.2, 0.25) is 0 Å². The Morgan fingerprint density at radius 1 is 1.35 bits per heavy atom. The minimum Gasteiger partial charge on any atom is -0.466 e. The smallest absolute Gasteiger partial charge is 0.331 e. The summed E-state index contributed by atoms with van der Waals surface area (Å²) in [6, 6.07) is 5.79. The summed E-state index contributed by atoms with van der Waals surface area (Å²) in [5.74, 6) is -0.905. The summed E-state index contributed by atoms with van der Waals surface area (Å²) in [6.45, 7) is 4.03. The molecule has 1 aliphatic heterocycles. The Hall–Kier alpha value is -2.08. The third-order valence-electron chi connectivity index (χ3n) is 2.82. The Kier molecular flexibility index (Phi) is 4.24. The van der Waals surface area contributed by atoms with Gasteiger partial charge >= 0.3 is 5.97 Å². The number of nitrogens with zero attached hydrogens (tertiary/aromatic N) is 1. The van der Waals surface area contributed by atoms with Crippen LogP contribution in [-0.2, 0) is 14.3 Å². The normalized spacial score (nSPS) is 18.4. The van der Waals surface area contributed by atoms with Crippen LogP contribution in [0.1, 0.15) is 11.1 Å². The summed E-state index contributed by atoms with van der Waals surface area (Å²) < 4.78 is 4.49. The predicted molar refractivity (Wildman–Crippen MR) is 78.8 cm³/mol. The van der Waals surface area contributed by atoms with Crippen molar-refractivity contribution >= 4 is 34.5 Å². The molecule has 104 valence electrons. The van der Waals surface area contributed by atoms with Crippen molar-refractivity contribution in [2.24, 2.45) is 4.99 Å². The number of rotatable bonds is 2. The van der Waals surface area contributed by atoms with Crippen LogP contribution < -0.4 is 5.32 Å². The Balaban J connectivity index is 2.21. The highest BCUT2D eigenvalue weighted by Crippen LogP contribution is 2.26. The van der Waals surface area contributed by atoms with Crippen LogP contribution in [0.5, 0.6) is 0 Å². The lowest BCUT2D eigenvalue weighted by atomic mass is 10.1. The first-order valence-corrected chi connectivity index (χ1v) is 6.76. The first kappa shape index (κ1) is 14.3. The molecule has 1 saturated heterocycles. The summed E-state index contributed by atoms with van der Waals surface area (Å²) in [4.78, 5) is 27.4. The standard InChI is InChI=1S/C14H14N2O3S/c1-8-4-5-10(6-9(8)2)15-14-16-13(18)11(20-14)7-12(17)19-3/h4-7H,1-3H3,(H,15,16,18)/b11-7+. The van der Waals surface area contributed by atoms with Gasteiger partial charge in [-0.15, -0.1) is 0 Å². The van der Waals surface area contributed by atoms with Crippen LogP contribution in [0.25, 0.3) is 0 Å². The molecule has 0 atom stereocenters. The van der Waals surface area contributed by atoms with Gasteiger partial charge in [0.1, 0.15) is 0 Å². The van der Waals surface area contributed by atoms with E-state index in [0.29, 0.717) is 5.17 Å². The number of amides is 1. The molecule has 1 N–H and O–H groups in total. The van der Waals surface area contributed by atoms with Gasteiger partial charge in [-0.1, -0.05) is 6.07 Å². The van der Waals surface area contributed by atoms with Gasteiger partial charge in [-0.25, -0.2) is 9.79 Å². The SMILES string of the molecule is COC(=O)/C=C1/SC(=Nc2ccc(C)c(C)c2)NC1=O. The number of ether oxygens (including phenoxy) is 1. The molecule has 1 aliphatic rings.